The number of carbonyl (C=O) groups is 2. The van der Waals surface area contributed by atoms with E-state index in [2.05, 4.69) is 26.6 Å². The van der Waals surface area contributed by atoms with Crippen molar-refractivity contribution in [3.05, 3.63) is 23.9 Å². The number of nitrogens with zero attached hydrogens (tertiary/aromatic N) is 3. The first kappa shape index (κ1) is 20.4. The quantitative estimate of drug-likeness (QED) is 0.627. The zero-order valence-electron chi connectivity index (χ0n) is 16.6. The molecule has 2 aliphatic rings. The van der Waals surface area contributed by atoms with Gasteiger partial charge in [0.05, 0.1) is 6.54 Å². The van der Waals surface area contributed by atoms with E-state index in [1.54, 1.807) is 6.20 Å². The van der Waals surface area contributed by atoms with Gasteiger partial charge in [0.1, 0.15) is 5.82 Å². The van der Waals surface area contributed by atoms with E-state index in [9.17, 15) is 9.59 Å². The molecule has 0 atom stereocenters. The number of carboxylic acids is 1. The molecular weight excluding hydrogens is 358 g/mol. The predicted octanol–water partition coefficient (Wildman–Crippen LogP) is 1.81. The van der Waals surface area contributed by atoms with E-state index in [0.29, 0.717) is 13.1 Å². The van der Waals surface area contributed by atoms with Crippen LogP contribution in [0.25, 0.3) is 0 Å². The lowest BCUT2D eigenvalue weighted by atomic mass is 9.85. The fourth-order valence-electron chi connectivity index (χ4n) is 3.96. The van der Waals surface area contributed by atoms with Gasteiger partial charge in [0.25, 0.3) is 0 Å². The zero-order chi connectivity index (χ0) is 19.9. The zero-order valence-corrected chi connectivity index (χ0v) is 16.6. The maximum atomic E-state index is 12.2. The van der Waals surface area contributed by atoms with Crippen LogP contribution in [0.15, 0.2) is 18.3 Å². The van der Waals surface area contributed by atoms with Crippen molar-refractivity contribution < 1.29 is 14.7 Å². The van der Waals surface area contributed by atoms with Crippen LogP contribution in [0.1, 0.15) is 44.6 Å². The van der Waals surface area contributed by atoms with Gasteiger partial charge in [-0.05, 0) is 56.3 Å². The average Bonchev–Trinajstić information content (AvgIpc) is 2.68. The van der Waals surface area contributed by atoms with Crippen molar-refractivity contribution in [2.75, 3.05) is 31.1 Å². The number of pyridine rings is 1. The fourth-order valence-corrected chi connectivity index (χ4v) is 3.96. The topological polar surface area (TPSA) is 97.8 Å². The molecule has 0 radical (unpaired) electrons. The first-order valence-corrected chi connectivity index (χ1v) is 10.2. The third kappa shape index (κ3) is 5.58. The number of nitrogens with one attached hydrogen (secondary N) is 2. The van der Waals surface area contributed by atoms with E-state index in [1.807, 2.05) is 17.9 Å². The van der Waals surface area contributed by atoms with Gasteiger partial charge < -0.3 is 20.6 Å². The van der Waals surface area contributed by atoms with E-state index >= 15 is 0 Å². The number of hydrogen-bond acceptors (Lipinski definition) is 5. The van der Waals surface area contributed by atoms with Crippen molar-refractivity contribution in [2.24, 2.45) is 0 Å². The molecule has 1 aromatic rings. The maximum Gasteiger partial charge on any atom is 0.317 e. The number of aromatic nitrogens is 1. The minimum Gasteiger partial charge on any atom is -0.480 e. The molecule has 28 heavy (non-hydrogen) atoms. The van der Waals surface area contributed by atoms with E-state index in [4.69, 9.17) is 5.11 Å². The Morgan fingerprint density at radius 2 is 2.04 bits per heavy atom. The Hall–Kier alpha value is -2.35. The van der Waals surface area contributed by atoms with Crippen LogP contribution in [0, 0.1) is 0 Å². The van der Waals surface area contributed by atoms with Crippen LogP contribution in [0.5, 0.6) is 0 Å². The van der Waals surface area contributed by atoms with Crippen molar-refractivity contribution in [1.82, 2.24) is 20.5 Å². The molecule has 1 aliphatic carbocycles. The Bertz CT molecular complexity index is 672. The van der Waals surface area contributed by atoms with E-state index in [-0.39, 0.29) is 24.7 Å². The van der Waals surface area contributed by atoms with Crippen LogP contribution in [0.2, 0.25) is 0 Å². The molecule has 1 saturated heterocycles. The van der Waals surface area contributed by atoms with Crippen LogP contribution < -0.4 is 15.5 Å². The van der Waals surface area contributed by atoms with E-state index in [0.717, 1.165) is 37.3 Å². The third-order valence-electron chi connectivity index (χ3n) is 5.65. The Morgan fingerprint density at radius 1 is 1.29 bits per heavy atom. The van der Waals surface area contributed by atoms with Gasteiger partial charge in [0.15, 0.2) is 0 Å². The van der Waals surface area contributed by atoms with E-state index < -0.39 is 5.97 Å². The summed E-state index contributed by atoms with van der Waals surface area (Å²) in [4.78, 5) is 31.8. The predicted molar refractivity (Wildman–Crippen MR) is 107 cm³/mol. The molecule has 1 aromatic heterocycles. The number of likely N-dealkylation sites (N-methyl/N-ethyl adjacent to an activating group) is 1. The standard InChI is InChI=1S/C20H31N5O3/c1-2-24(14-19(26)27)17-11-16(12-17)23-20(28)22-13-15-6-7-21-18(10-15)25-8-4-3-5-9-25/h6-7,10,16-17H,2-5,8-9,11-14H2,1H3,(H,26,27)(H2,22,23,28). The molecule has 0 bridgehead atoms. The normalized spacial score (nSPS) is 21.9. The number of hydrogen-bond donors (Lipinski definition) is 3. The number of rotatable bonds is 8. The van der Waals surface area contributed by atoms with Crippen LogP contribution in [-0.4, -0.2) is 65.3 Å². The summed E-state index contributed by atoms with van der Waals surface area (Å²) in [5.74, 6) is 0.177. The summed E-state index contributed by atoms with van der Waals surface area (Å²) in [7, 11) is 0. The summed E-state index contributed by atoms with van der Waals surface area (Å²) in [5.41, 5.74) is 1.04. The third-order valence-corrected chi connectivity index (χ3v) is 5.65. The lowest BCUT2D eigenvalue weighted by Gasteiger charge is -2.42. The molecule has 0 aromatic carbocycles. The highest BCUT2D eigenvalue weighted by atomic mass is 16.4. The molecule has 2 amide bonds. The minimum absolute atomic E-state index is 0.0570. The number of aliphatic carboxylic acids is 1. The Morgan fingerprint density at radius 3 is 2.71 bits per heavy atom. The van der Waals surface area contributed by atoms with E-state index in [1.165, 1.54) is 19.3 Å². The highest BCUT2D eigenvalue weighted by molar-refractivity contribution is 5.74. The highest BCUT2D eigenvalue weighted by Crippen LogP contribution is 2.25. The summed E-state index contributed by atoms with van der Waals surface area (Å²) in [5, 5.41) is 14.8. The van der Waals surface area contributed by atoms with Crippen molar-refractivity contribution >= 4 is 17.8 Å². The molecule has 2 heterocycles. The smallest absolute Gasteiger partial charge is 0.317 e. The van der Waals surface area contributed by atoms with Gasteiger partial charge in [-0.15, -0.1) is 0 Å². The Balaban J connectivity index is 1.40. The SMILES string of the molecule is CCN(CC(=O)O)C1CC(NC(=O)NCc2ccnc(N3CCCCC3)c2)C1. The highest BCUT2D eigenvalue weighted by Gasteiger charge is 2.34. The number of urea groups is 1. The van der Waals surface area contributed by atoms with Gasteiger partial charge in [0.2, 0.25) is 0 Å². The molecule has 0 unspecified atom stereocenters. The summed E-state index contributed by atoms with van der Waals surface area (Å²) >= 11 is 0. The summed E-state index contributed by atoms with van der Waals surface area (Å²) < 4.78 is 0. The second-order valence-corrected chi connectivity index (χ2v) is 7.68. The summed E-state index contributed by atoms with van der Waals surface area (Å²) in [6, 6.07) is 4.14. The van der Waals surface area contributed by atoms with Gasteiger partial charge in [-0.3, -0.25) is 9.69 Å². The van der Waals surface area contributed by atoms with Crippen molar-refractivity contribution in [1.29, 1.82) is 0 Å². The fraction of sp³-hybridized carbons (Fsp3) is 0.650. The van der Waals surface area contributed by atoms with Crippen molar-refractivity contribution in [3.63, 3.8) is 0 Å². The number of carboxylic acid groups (broad SMARTS) is 1. The lowest BCUT2D eigenvalue weighted by molar-refractivity contribution is -0.139. The number of carbonyl (C=O) groups excluding carboxylic acids is 1. The minimum atomic E-state index is -0.808. The average molecular weight is 390 g/mol. The molecule has 8 heteroatoms. The molecular formula is C20H31N5O3. The number of anilines is 1. The maximum absolute atomic E-state index is 12.2. The molecule has 154 valence electrons. The molecule has 0 spiro atoms. The van der Waals surface area contributed by atoms with Crippen LogP contribution in [0.3, 0.4) is 0 Å². The van der Waals surface area contributed by atoms with Crippen molar-refractivity contribution in [2.45, 2.75) is 57.7 Å². The van der Waals surface area contributed by atoms with Gasteiger partial charge >= 0.3 is 12.0 Å². The molecule has 2 fully saturated rings. The number of piperidine rings is 1. The monoisotopic (exact) mass is 389 g/mol. The van der Waals surface area contributed by atoms with Crippen molar-refractivity contribution in [3.8, 4) is 0 Å². The lowest BCUT2D eigenvalue weighted by Crippen LogP contribution is -2.56. The second-order valence-electron chi connectivity index (χ2n) is 7.68. The van der Waals surface area contributed by atoms with Crippen LogP contribution >= 0.6 is 0 Å². The van der Waals surface area contributed by atoms with Crippen LogP contribution in [0.4, 0.5) is 10.6 Å². The Kier molecular flexibility index (Phi) is 7.08. The molecule has 3 N–H and O–H groups in total. The second kappa shape index (κ2) is 9.73. The van der Waals surface area contributed by atoms with Gasteiger partial charge in [-0.1, -0.05) is 6.92 Å². The molecule has 1 aliphatic heterocycles. The molecule has 1 saturated carbocycles. The molecule has 8 nitrogen and oxygen atoms in total. The molecule has 3 rings (SSSR count). The summed E-state index contributed by atoms with van der Waals surface area (Å²) in [6.45, 7) is 5.28. The van der Waals surface area contributed by atoms with Gasteiger partial charge in [-0.2, -0.15) is 0 Å². The first-order chi connectivity index (χ1) is 13.5. The summed E-state index contributed by atoms with van der Waals surface area (Å²) in [6.07, 6.45) is 7.09. The first-order valence-electron chi connectivity index (χ1n) is 10.2. The number of amides is 2. The van der Waals surface area contributed by atoms with Gasteiger partial charge in [0, 0.05) is 37.9 Å². The largest absolute Gasteiger partial charge is 0.480 e. The van der Waals surface area contributed by atoms with Gasteiger partial charge in [-0.25, -0.2) is 9.78 Å². The van der Waals surface area contributed by atoms with Crippen LogP contribution in [-0.2, 0) is 11.3 Å². The Labute approximate surface area is 166 Å².